The molecule has 0 atom stereocenters. The van der Waals surface area contributed by atoms with Crippen LogP contribution in [0, 0.1) is 0 Å². The van der Waals surface area contributed by atoms with Crippen LogP contribution in [0.1, 0.15) is 64.7 Å². The zero-order chi connectivity index (χ0) is 16.6. The van der Waals surface area contributed by atoms with Crippen LogP contribution >= 0.6 is 0 Å². The summed E-state index contributed by atoms with van der Waals surface area (Å²) >= 11 is 0. The molecule has 0 aromatic carbocycles. The Morgan fingerprint density at radius 1 is 0.909 bits per heavy atom. The summed E-state index contributed by atoms with van der Waals surface area (Å²) in [5.41, 5.74) is 3.93. The van der Waals surface area contributed by atoms with Crippen LogP contribution in [0.5, 0.6) is 0 Å². The average molecular weight is 312 g/mol. The van der Waals surface area contributed by atoms with Gasteiger partial charge in [0.15, 0.2) is 0 Å². The van der Waals surface area contributed by atoms with Crippen molar-refractivity contribution in [2.75, 3.05) is 6.61 Å². The third-order valence-electron chi connectivity index (χ3n) is 3.15. The number of unbranched alkanes of at least 4 members (excludes halogenated alkanes) is 8. The van der Waals surface area contributed by atoms with Gasteiger partial charge in [0.25, 0.3) is 5.91 Å². The number of esters is 1. The van der Waals surface area contributed by atoms with Crippen LogP contribution in [-0.4, -0.2) is 24.4 Å². The van der Waals surface area contributed by atoms with Crippen molar-refractivity contribution in [3.05, 3.63) is 12.7 Å². The molecular formula is C16H28N2O4. The molecule has 6 nitrogen and oxygen atoms in total. The number of hydrogen-bond acceptors (Lipinski definition) is 4. The lowest BCUT2D eigenvalue weighted by Crippen LogP contribution is -2.44. The number of hydrazine groups is 1. The molecule has 0 heterocycles. The van der Waals surface area contributed by atoms with Gasteiger partial charge in [-0.1, -0.05) is 64.9 Å². The summed E-state index contributed by atoms with van der Waals surface area (Å²) in [5, 5.41) is 0. The number of hydrogen-bond donors (Lipinski definition) is 2. The quantitative estimate of drug-likeness (QED) is 0.202. The van der Waals surface area contributed by atoms with Crippen LogP contribution in [-0.2, 0) is 19.1 Å². The number of rotatable bonds is 11. The van der Waals surface area contributed by atoms with Crippen molar-refractivity contribution < 1.29 is 19.1 Å². The number of carbonyl (C=O) groups is 3. The Hall–Kier alpha value is -1.85. The first kappa shape index (κ1) is 20.1. The van der Waals surface area contributed by atoms with Crippen LogP contribution in [0.25, 0.3) is 0 Å². The molecule has 0 spiro atoms. The molecule has 0 fully saturated rings. The molecule has 0 unspecified atom stereocenters. The highest BCUT2D eigenvalue weighted by atomic mass is 16.5. The first-order valence-electron chi connectivity index (χ1n) is 8.01. The largest absolute Gasteiger partial charge is 0.459 e. The topological polar surface area (TPSA) is 84.5 Å². The Morgan fingerprint density at radius 2 is 1.45 bits per heavy atom. The van der Waals surface area contributed by atoms with E-state index in [1.165, 1.54) is 38.5 Å². The van der Waals surface area contributed by atoms with Crippen LogP contribution in [0.3, 0.4) is 0 Å². The van der Waals surface area contributed by atoms with Crippen molar-refractivity contribution in [3.8, 4) is 0 Å². The van der Waals surface area contributed by atoms with Gasteiger partial charge < -0.3 is 4.74 Å². The van der Waals surface area contributed by atoms with Crippen molar-refractivity contribution in [2.45, 2.75) is 64.7 Å². The minimum atomic E-state index is -0.996. The van der Waals surface area contributed by atoms with E-state index in [-0.39, 0.29) is 6.61 Å². The molecular weight excluding hydrogens is 284 g/mol. The molecule has 0 bridgehead atoms. The van der Waals surface area contributed by atoms with Crippen molar-refractivity contribution in [3.63, 3.8) is 0 Å². The lowest BCUT2D eigenvalue weighted by atomic mass is 10.1. The fourth-order valence-electron chi connectivity index (χ4n) is 1.86. The van der Waals surface area contributed by atoms with Gasteiger partial charge in [-0.15, -0.1) is 0 Å². The zero-order valence-electron chi connectivity index (χ0n) is 13.5. The van der Waals surface area contributed by atoms with E-state index in [2.05, 4.69) is 13.5 Å². The molecule has 0 aliphatic heterocycles. The van der Waals surface area contributed by atoms with Crippen molar-refractivity contribution >= 4 is 17.8 Å². The summed E-state index contributed by atoms with van der Waals surface area (Å²) in [6.45, 7) is 5.63. The summed E-state index contributed by atoms with van der Waals surface area (Å²) < 4.78 is 4.80. The van der Waals surface area contributed by atoms with Crippen LogP contribution in [0.4, 0.5) is 0 Å². The molecule has 0 aromatic rings. The minimum absolute atomic E-state index is 0.220. The summed E-state index contributed by atoms with van der Waals surface area (Å²) in [6, 6.07) is 0. The first-order chi connectivity index (χ1) is 10.6. The Balaban J connectivity index is 3.43. The molecule has 2 N–H and O–H groups in total. The summed E-state index contributed by atoms with van der Waals surface area (Å²) in [7, 11) is 0. The first-order valence-corrected chi connectivity index (χ1v) is 8.01. The molecule has 0 saturated carbocycles. The Bertz CT molecular complexity index is 356. The second-order valence-electron chi connectivity index (χ2n) is 5.11. The summed E-state index contributed by atoms with van der Waals surface area (Å²) in [4.78, 5) is 33.3. The smallest absolute Gasteiger partial charge is 0.398 e. The number of carbonyl (C=O) groups excluding carboxylic acids is 3. The summed E-state index contributed by atoms with van der Waals surface area (Å²) in [6.07, 6.45) is 11.4. The standard InChI is InChI=1S/C16H28N2O4/c1-3-5-6-7-8-9-10-11-12-13-22-16(21)15(20)18-17-14(19)4-2/h4H,2-3,5-13H2,1H3,(H,17,19)(H,18,20). The highest BCUT2D eigenvalue weighted by Crippen LogP contribution is 2.09. The molecule has 0 aromatic heterocycles. The van der Waals surface area contributed by atoms with Gasteiger partial charge in [-0.25, -0.2) is 4.79 Å². The molecule has 2 amide bonds. The maximum absolute atomic E-state index is 11.3. The predicted octanol–water partition coefficient (Wildman–Crippen LogP) is 2.39. The third kappa shape index (κ3) is 11.9. The number of amides is 2. The Labute approximate surface area is 132 Å². The average Bonchev–Trinajstić information content (AvgIpc) is 2.53. The van der Waals surface area contributed by atoms with Crippen LogP contribution in [0.15, 0.2) is 12.7 Å². The molecule has 0 aliphatic rings. The second-order valence-corrected chi connectivity index (χ2v) is 5.11. The van der Waals surface area contributed by atoms with E-state index in [4.69, 9.17) is 4.74 Å². The fourth-order valence-corrected chi connectivity index (χ4v) is 1.86. The summed E-state index contributed by atoms with van der Waals surface area (Å²) in [5.74, 6) is -2.59. The second kappa shape index (κ2) is 14.1. The normalized spacial score (nSPS) is 9.86. The molecule has 0 rings (SSSR count). The van der Waals surface area contributed by atoms with E-state index in [9.17, 15) is 14.4 Å². The molecule has 126 valence electrons. The van der Waals surface area contributed by atoms with Gasteiger partial charge in [0, 0.05) is 0 Å². The molecule has 0 radical (unpaired) electrons. The van der Waals surface area contributed by atoms with Gasteiger partial charge in [0.2, 0.25) is 0 Å². The Morgan fingerprint density at radius 3 is 2.00 bits per heavy atom. The monoisotopic (exact) mass is 312 g/mol. The molecule has 6 heteroatoms. The lowest BCUT2D eigenvalue weighted by molar-refractivity contribution is -0.155. The van der Waals surface area contributed by atoms with Gasteiger partial charge >= 0.3 is 11.9 Å². The van der Waals surface area contributed by atoms with Gasteiger partial charge in [-0.2, -0.15) is 0 Å². The van der Waals surface area contributed by atoms with Crippen molar-refractivity contribution in [1.82, 2.24) is 10.9 Å². The predicted molar refractivity (Wildman–Crippen MR) is 84.7 cm³/mol. The Kier molecular flexibility index (Phi) is 12.9. The van der Waals surface area contributed by atoms with Crippen molar-refractivity contribution in [2.24, 2.45) is 0 Å². The number of ether oxygens (including phenoxy) is 1. The minimum Gasteiger partial charge on any atom is -0.459 e. The zero-order valence-corrected chi connectivity index (χ0v) is 13.5. The van der Waals surface area contributed by atoms with Crippen LogP contribution in [0.2, 0.25) is 0 Å². The van der Waals surface area contributed by atoms with Crippen molar-refractivity contribution in [1.29, 1.82) is 0 Å². The lowest BCUT2D eigenvalue weighted by Gasteiger charge is -2.06. The van der Waals surface area contributed by atoms with E-state index >= 15 is 0 Å². The van der Waals surface area contributed by atoms with E-state index in [1.54, 1.807) is 0 Å². The van der Waals surface area contributed by atoms with Gasteiger partial charge in [-0.3, -0.25) is 20.4 Å². The van der Waals surface area contributed by atoms with Gasteiger partial charge in [0.05, 0.1) is 6.61 Å². The van der Waals surface area contributed by atoms with Gasteiger partial charge in [-0.05, 0) is 12.5 Å². The maximum Gasteiger partial charge on any atom is 0.398 e. The van der Waals surface area contributed by atoms with Gasteiger partial charge in [0.1, 0.15) is 0 Å². The highest BCUT2D eigenvalue weighted by Gasteiger charge is 2.14. The van der Waals surface area contributed by atoms with E-state index in [1.807, 2.05) is 10.9 Å². The fraction of sp³-hybridized carbons (Fsp3) is 0.688. The SMILES string of the molecule is C=CC(=O)NNC(=O)C(=O)OCCCCCCCCCCC. The molecule has 0 saturated heterocycles. The van der Waals surface area contributed by atoms with E-state index in [0.717, 1.165) is 25.3 Å². The van der Waals surface area contributed by atoms with E-state index in [0.29, 0.717) is 0 Å². The highest BCUT2D eigenvalue weighted by molar-refractivity contribution is 6.32. The number of nitrogens with one attached hydrogen (secondary N) is 2. The third-order valence-corrected chi connectivity index (χ3v) is 3.15. The maximum atomic E-state index is 11.3. The van der Waals surface area contributed by atoms with Crippen LogP contribution < -0.4 is 10.9 Å². The van der Waals surface area contributed by atoms with E-state index < -0.39 is 17.8 Å². The molecule has 22 heavy (non-hydrogen) atoms. The molecule has 0 aliphatic carbocycles.